The van der Waals surface area contributed by atoms with E-state index in [1.165, 1.54) is 6.07 Å². The zero-order valence-electron chi connectivity index (χ0n) is 8.62. The van der Waals surface area contributed by atoms with Crippen LogP contribution in [0.25, 0.3) is 10.8 Å². The molecule has 2 aromatic rings. The number of halogens is 4. The minimum Gasteiger partial charge on any atom is -0.511 e. The van der Waals surface area contributed by atoms with E-state index < -0.39 is 47.1 Å². The van der Waals surface area contributed by atoms with Crippen LogP contribution in [0.15, 0.2) is 18.2 Å². The van der Waals surface area contributed by atoms with Crippen molar-refractivity contribution in [1.29, 1.82) is 0 Å². The third-order valence-electron chi connectivity index (χ3n) is 2.29. The summed E-state index contributed by atoms with van der Waals surface area (Å²) < 4.78 is 57.3. The van der Waals surface area contributed by atoms with E-state index in [1.807, 2.05) is 0 Å². The Bertz CT molecular complexity index is 618. The Morgan fingerprint density at radius 1 is 0.889 bits per heavy atom. The molecule has 2 rings (SSSR count). The number of hydrogen-bond donors (Lipinski definition) is 2. The molecule has 0 aliphatic carbocycles. The standard InChI is InChI=1S/C10H5BF4O3/c12-7-4-2-1-3-5(18-11(16)17)6(4)8(13)10(15)9(7)14/h1-3,16-17H. The second-order valence-corrected chi connectivity index (χ2v) is 3.38. The van der Waals surface area contributed by atoms with Crippen molar-refractivity contribution in [3.05, 3.63) is 41.5 Å². The van der Waals surface area contributed by atoms with Crippen molar-refractivity contribution in [1.82, 2.24) is 0 Å². The van der Waals surface area contributed by atoms with Crippen LogP contribution >= 0.6 is 0 Å². The molecule has 2 aromatic carbocycles. The van der Waals surface area contributed by atoms with Crippen molar-refractivity contribution in [2.24, 2.45) is 0 Å². The number of fused-ring (bicyclic) bond motifs is 1. The predicted molar refractivity (Wildman–Crippen MR) is 54.6 cm³/mol. The average molecular weight is 260 g/mol. The molecule has 0 radical (unpaired) electrons. The molecule has 0 amide bonds. The Hall–Kier alpha value is -1.80. The highest BCUT2D eigenvalue weighted by molar-refractivity contribution is 6.34. The van der Waals surface area contributed by atoms with Crippen LogP contribution in [0, 0.1) is 23.3 Å². The lowest BCUT2D eigenvalue weighted by atomic mass is 10.1. The maximum atomic E-state index is 13.5. The van der Waals surface area contributed by atoms with Crippen LogP contribution in [0.3, 0.4) is 0 Å². The fraction of sp³-hybridized carbons (Fsp3) is 0. The van der Waals surface area contributed by atoms with Gasteiger partial charge in [0.1, 0.15) is 5.75 Å². The van der Waals surface area contributed by atoms with E-state index in [4.69, 9.17) is 10.0 Å². The zero-order chi connectivity index (χ0) is 13.4. The molecule has 0 spiro atoms. The highest BCUT2D eigenvalue weighted by Crippen LogP contribution is 2.33. The highest BCUT2D eigenvalue weighted by Gasteiger charge is 2.24. The van der Waals surface area contributed by atoms with Gasteiger partial charge < -0.3 is 14.7 Å². The van der Waals surface area contributed by atoms with E-state index in [2.05, 4.69) is 4.65 Å². The summed E-state index contributed by atoms with van der Waals surface area (Å²) in [4.78, 5) is 0. The Balaban J connectivity index is 2.84. The largest absolute Gasteiger partial charge is 0.707 e. The molecule has 0 fully saturated rings. The monoisotopic (exact) mass is 260 g/mol. The van der Waals surface area contributed by atoms with Crippen molar-refractivity contribution in [3.63, 3.8) is 0 Å². The molecular weight excluding hydrogens is 255 g/mol. The lowest BCUT2D eigenvalue weighted by Gasteiger charge is -2.10. The number of hydrogen-bond acceptors (Lipinski definition) is 3. The average Bonchev–Trinajstić information content (AvgIpc) is 2.32. The first kappa shape index (κ1) is 12.7. The maximum absolute atomic E-state index is 13.5. The Morgan fingerprint density at radius 3 is 2.11 bits per heavy atom. The molecule has 0 aromatic heterocycles. The molecule has 0 atom stereocenters. The lowest BCUT2D eigenvalue weighted by molar-refractivity contribution is 0.289. The smallest absolute Gasteiger partial charge is 0.511 e. The zero-order valence-corrected chi connectivity index (χ0v) is 8.62. The van der Waals surface area contributed by atoms with Crippen molar-refractivity contribution < 1.29 is 32.3 Å². The van der Waals surface area contributed by atoms with Crippen LogP contribution in [-0.2, 0) is 0 Å². The third-order valence-corrected chi connectivity index (χ3v) is 2.29. The summed E-state index contributed by atoms with van der Waals surface area (Å²) in [6.07, 6.45) is 0. The van der Waals surface area contributed by atoms with Gasteiger partial charge in [-0.25, -0.2) is 17.6 Å². The van der Waals surface area contributed by atoms with Crippen molar-refractivity contribution >= 4 is 18.1 Å². The summed E-state index contributed by atoms with van der Waals surface area (Å²) in [6.45, 7) is 0. The third kappa shape index (κ3) is 1.89. The van der Waals surface area contributed by atoms with Crippen LogP contribution in [0.4, 0.5) is 17.6 Å². The fourth-order valence-electron chi connectivity index (χ4n) is 1.57. The van der Waals surface area contributed by atoms with Gasteiger partial charge in [0, 0.05) is 5.39 Å². The van der Waals surface area contributed by atoms with E-state index in [0.717, 1.165) is 12.1 Å². The lowest BCUT2D eigenvalue weighted by Crippen LogP contribution is -2.21. The van der Waals surface area contributed by atoms with Gasteiger partial charge in [-0.05, 0) is 6.07 Å². The van der Waals surface area contributed by atoms with Crippen LogP contribution in [0.2, 0.25) is 0 Å². The minimum absolute atomic E-state index is 0.516. The molecule has 0 saturated heterocycles. The van der Waals surface area contributed by atoms with Gasteiger partial charge >= 0.3 is 7.32 Å². The molecule has 0 aliphatic rings. The van der Waals surface area contributed by atoms with Gasteiger partial charge in [-0.2, -0.15) is 0 Å². The minimum atomic E-state index is -2.30. The van der Waals surface area contributed by atoms with Gasteiger partial charge in [-0.15, -0.1) is 0 Å². The van der Waals surface area contributed by atoms with Gasteiger partial charge in [0.25, 0.3) is 0 Å². The van der Waals surface area contributed by atoms with E-state index in [1.54, 1.807) is 0 Å². The molecule has 0 bridgehead atoms. The second-order valence-electron chi connectivity index (χ2n) is 3.38. The van der Waals surface area contributed by atoms with Crippen molar-refractivity contribution in [2.75, 3.05) is 0 Å². The predicted octanol–water partition coefficient (Wildman–Crippen LogP) is 1.74. The van der Waals surface area contributed by atoms with E-state index >= 15 is 0 Å². The van der Waals surface area contributed by atoms with E-state index in [0.29, 0.717) is 0 Å². The van der Waals surface area contributed by atoms with Crippen LogP contribution in [0.5, 0.6) is 5.75 Å². The topological polar surface area (TPSA) is 49.7 Å². The summed E-state index contributed by atoms with van der Waals surface area (Å²) >= 11 is 0. The van der Waals surface area contributed by atoms with E-state index in [9.17, 15) is 17.6 Å². The van der Waals surface area contributed by atoms with Gasteiger partial charge in [-0.3, -0.25) is 0 Å². The number of rotatable bonds is 2. The molecule has 0 aliphatic heterocycles. The summed E-state index contributed by atoms with van der Waals surface area (Å²) in [5, 5.41) is 15.9. The summed E-state index contributed by atoms with van der Waals surface area (Å²) in [5.74, 6) is -7.70. The van der Waals surface area contributed by atoms with E-state index in [-0.39, 0.29) is 0 Å². The summed E-state index contributed by atoms with van der Waals surface area (Å²) in [5.41, 5.74) is 0. The Labute approximate surface area is 98.4 Å². The van der Waals surface area contributed by atoms with Crippen molar-refractivity contribution in [2.45, 2.75) is 0 Å². The number of benzene rings is 2. The van der Waals surface area contributed by atoms with Gasteiger partial charge in [0.15, 0.2) is 23.3 Å². The molecule has 8 heteroatoms. The Morgan fingerprint density at radius 2 is 1.50 bits per heavy atom. The van der Waals surface area contributed by atoms with Crippen LogP contribution < -0.4 is 4.65 Å². The normalized spacial score (nSPS) is 10.8. The van der Waals surface area contributed by atoms with Gasteiger partial charge in [0.05, 0.1) is 5.39 Å². The van der Waals surface area contributed by atoms with Gasteiger partial charge in [0.2, 0.25) is 0 Å². The molecule has 94 valence electrons. The quantitative estimate of drug-likeness (QED) is 0.374. The van der Waals surface area contributed by atoms with Crippen LogP contribution in [0.1, 0.15) is 0 Å². The molecule has 0 heterocycles. The SMILES string of the molecule is OB(O)Oc1cccc2c(F)c(F)c(F)c(F)c12. The Kier molecular flexibility index (Phi) is 3.14. The molecule has 3 nitrogen and oxygen atoms in total. The summed E-state index contributed by atoms with van der Waals surface area (Å²) in [7, 11) is -2.30. The molecule has 0 saturated carbocycles. The van der Waals surface area contributed by atoms with Crippen LogP contribution in [-0.4, -0.2) is 17.4 Å². The molecule has 2 N–H and O–H groups in total. The first-order valence-corrected chi connectivity index (χ1v) is 4.71. The highest BCUT2D eigenvalue weighted by atomic mass is 19.2. The molecule has 0 unspecified atom stereocenters. The first-order chi connectivity index (χ1) is 8.43. The fourth-order valence-corrected chi connectivity index (χ4v) is 1.57. The molecule has 18 heavy (non-hydrogen) atoms. The van der Waals surface area contributed by atoms with Gasteiger partial charge in [-0.1, -0.05) is 12.1 Å². The summed E-state index contributed by atoms with van der Waals surface area (Å²) in [6, 6.07) is 3.23. The van der Waals surface area contributed by atoms with Crippen molar-refractivity contribution in [3.8, 4) is 5.75 Å². The second kappa shape index (κ2) is 4.47. The first-order valence-electron chi connectivity index (χ1n) is 4.71. The maximum Gasteiger partial charge on any atom is 0.707 e. The molecular formula is C10H5BF4O3.